The third kappa shape index (κ3) is 2.35. The van der Waals surface area contributed by atoms with Crippen molar-refractivity contribution in [2.24, 2.45) is 0 Å². The summed E-state index contributed by atoms with van der Waals surface area (Å²) in [4.78, 5) is 8.51. The van der Waals surface area contributed by atoms with Gasteiger partial charge in [-0.15, -0.1) is 0 Å². The van der Waals surface area contributed by atoms with Crippen molar-refractivity contribution in [3.63, 3.8) is 0 Å². The second kappa shape index (κ2) is 5.30. The van der Waals surface area contributed by atoms with Crippen molar-refractivity contribution in [2.45, 2.75) is 0 Å². The monoisotopic (exact) mass is 285 g/mol. The molecule has 0 aliphatic carbocycles. The van der Waals surface area contributed by atoms with Crippen molar-refractivity contribution < 1.29 is 0 Å². The summed E-state index contributed by atoms with van der Waals surface area (Å²) in [7, 11) is 0. The molecule has 1 aromatic carbocycles. The first-order valence-corrected chi connectivity index (χ1v) is 6.45. The van der Waals surface area contributed by atoms with E-state index in [0.717, 1.165) is 16.7 Å². The van der Waals surface area contributed by atoms with Gasteiger partial charge in [-0.25, -0.2) is 14.6 Å². The van der Waals surface area contributed by atoms with Crippen LogP contribution < -0.4 is 5.32 Å². The topological polar surface area (TPSA) is 55.6 Å². The van der Waals surface area contributed by atoms with Gasteiger partial charge in [0.05, 0.1) is 23.8 Å². The second-order valence-electron chi connectivity index (χ2n) is 4.22. The Kier molecular flexibility index (Phi) is 3.35. The summed E-state index contributed by atoms with van der Waals surface area (Å²) in [6, 6.07) is 9.83. The smallest absolute Gasteiger partial charge is 0.168 e. The summed E-state index contributed by atoms with van der Waals surface area (Å²) >= 11 is 5.76. The highest BCUT2D eigenvalue weighted by molar-refractivity contribution is 6.29. The standard InChI is InChI=1S/C14H12ClN5/c1-10(15)7-16-13-12-8-19-20(14(12)18-9-17-13)11-5-3-2-4-6-11/h2-6,8-9H,1,7H2,(H,16,17,18). The number of rotatable bonds is 4. The number of aromatic nitrogens is 4. The predicted molar refractivity (Wildman–Crippen MR) is 80.1 cm³/mol. The Morgan fingerprint density at radius 3 is 2.80 bits per heavy atom. The van der Waals surface area contributed by atoms with Gasteiger partial charge in [0.2, 0.25) is 0 Å². The van der Waals surface area contributed by atoms with Gasteiger partial charge in [0.1, 0.15) is 12.1 Å². The zero-order chi connectivity index (χ0) is 13.9. The van der Waals surface area contributed by atoms with E-state index in [0.29, 0.717) is 17.4 Å². The fraction of sp³-hybridized carbons (Fsp3) is 0.0714. The minimum absolute atomic E-state index is 0.449. The van der Waals surface area contributed by atoms with Gasteiger partial charge in [-0.05, 0) is 12.1 Å². The molecule has 0 radical (unpaired) electrons. The first-order chi connectivity index (χ1) is 9.75. The Labute approximate surface area is 120 Å². The van der Waals surface area contributed by atoms with Crippen LogP contribution in [0.25, 0.3) is 16.7 Å². The molecule has 3 rings (SSSR count). The number of hydrogen-bond acceptors (Lipinski definition) is 4. The van der Waals surface area contributed by atoms with Crippen molar-refractivity contribution in [3.8, 4) is 5.69 Å². The van der Waals surface area contributed by atoms with Crippen LogP contribution in [-0.2, 0) is 0 Å². The van der Waals surface area contributed by atoms with Gasteiger partial charge in [0.15, 0.2) is 5.65 Å². The molecule has 0 saturated heterocycles. The second-order valence-corrected chi connectivity index (χ2v) is 4.76. The highest BCUT2D eigenvalue weighted by atomic mass is 35.5. The van der Waals surface area contributed by atoms with Crippen molar-refractivity contribution in [3.05, 3.63) is 54.5 Å². The number of anilines is 1. The molecule has 6 heteroatoms. The summed E-state index contributed by atoms with van der Waals surface area (Å²) in [6.45, 7) is 4.09. The highest BCUT2D eigenvalue weighted by Gasteiger charge is 2.10. The normalized spacial score (nSPS) is 10.7. The van der Waals surface area contributed by atoms with Gasteiger partial charge < -0.3 is 5.32 Å². The van der Waals surface area contributed by atoms with Crippen LogP contribution in [0.1, 0.15) is 0 Å². The average molecular weight is 286 g/mol. The van der Waals surface area contributed by atoms with Crippen LogP contribution in [0, 0.1) is 0 Å². The lowest BCUT2D eigenvalue weighted by Gasteiger charge is -2.05. The molecule has 0 fully saturated rings. The lowest BCUT2D eigenvalue weighted by molar-refractivity contribution is 0.895. The van der Waals surface area contributed by atoms with Crippen molar-refractivity contribution in [1.29, 1.82) is 0 Å². The van der Waals surface area contributed by atoms with Crippen LogP contribution in [0.5, 0.6) is 0 Å². The lowest BCUT2D eigenvalue weighted by Crippen LogP contribution is -2.04. The van der Waals surface area contributed by atoms with E-state index < -0.39 is 0 Å². The van der Waals surface area contributed by atoms with E-state index in [1.807, 2.05) is 30.3 Å². The first-order valence-electron chi connectivity index (χ1n) is 6.07. The molecule has 0 saturated carbocycles. The molecular weight excluding hydrogens is 274 g/mol. The average Bonchev–Trinajstić information content (AvgIpc) is 2.90. The zero-order valence-electron chi connectivity index (χ0n) is 10.6. The number of nitrogens with zero attached hydrogens (tertiary/aromatic N) is 4. The number of nitrogens with one attached hydrogen (secondary N) is 1. The zero-order valence-corrected chi connectivity index (χ0v) is 11.4. The predicted octanol–water partition coefficient (Wildman–Crippen LogP) is 2.98. The van der Waals surface area contributed by atoms with Gasteiger partial charge in [0, 0.05) is 5.03 Å². The van der Waals surface area contributed by atoms with E-state index >= 15 is 0 Å². The summed E-state index contributed by atoms with van der Waals surface area (Å²) in [5, 5.41) is 8.85. The molecule has 0 unspecified atom stereocenters. The fourth-order valence-corrected chi connectivity index (χ4v) is 1.99. The van der Waals surface area contributed by atoms with Gasteiger partial charge in [0.25, 0.3) is 0 Å². The largest absolute Gasteiger partial charge is 0.364 e. The van der Waals surface area contributed by atoms with Crippen LogP contribution in [0.4, 0.5) is 5.82 Å². The molecule has 3 aromatic rings. The maximum atomic E-state index is 5.76. The van der Waals surface area contributed by atoms with Crippen LogP contribution >= 0.6 is 11.6 Å². The van der Waals surface area contributed by atoms with E-state index in [-0.39, 0.29) is 0 Å². The summed E-state index contributed by atoms with van der Waals surface area (Å²) in [6.07, 6.45) is 3.24. The fourth-order valence-electron chi connectivity index (χ4n) is 1.92. The Bertz CT molecular complexity index is 751. The van der Waals surface area contributed by atoms with Crippen molar-refractivity contribution in [1.82, 2.24) is 19.7 Å². The number of benzene rings is 1. The molecule has 20 heavy (non-hydrogen) atoms. The van der Waals surface area contributed by atoms with Crippen molar-refractivity contribution in [2.75, 3.05) is 11.9 Å². The molecule has 100 valence electrons. The van der Waals surface area contributed by atoms with E-state index in [1.165, 1.54) is 6.33 Å². The molecule has 0 atom stereocenters. The van der Waals surface area contributed by atoms with E-state index in [1.54, 1.807) is 10.9 Å². The van der Waals surface area contributed by atoms with Crippen LogP contribution in [0.3, 0.4) is 0 Å². The van der Waals surface area contributed by atoms with E-state index in [2.05, 4.69) is 27.0 Å². The molecule has 5 nitrogen and oxygen atoms in total. The molecule has 0 aliphatic heterocycles. The minimum Gasteiger partial charge on any atom is -0.364 e. The highest BCUT2D eigenvalue weighted by Crippen LogP contribution is 2.21. The third-order valence-electron chi connectivity index (χ3n) is 2.81. The Morgan fingerprint density at radius 2 is 2.05 bits per heavy atom. The molecule has 0 aliphatic rings. The SMILES string of the molecule is C=C(Cl)CNc1ncnc2c1cnn2-c1ccccc1. The van der Waals surface area contributed by atoms with Gasteiger partial charge in [-0.1, -0.05) is 36.4 Å². The Balaban J connectivity index is 2.06. The summed E-state index contributed by atoms with van der Waals surface area (Å²) in [5.41, 5.74) is 1.70. The minimum atomic E-state index is 0.449. The van der Waals surface area contributed by atoms with Crippen LogP contribution in [-0.4, -0.2) is 26.3 Å². The van der Waals surface area contributed by atoms with Crippen LogP contribution in [0.2, 0.25) is 0 Å². The lowest BCUT2D eigenvalue weighted by atomic mass is 10.3. The maximum absolute atomic E-state index is 5.76. The number of halogens is 1. The van der Waals surface area contributed by atoms with Gasteiger partial charge >= 0.3 is 0 Å². The van der Waals surface area contributed by atoms with Crippen LogP contribution in [0.15, 0.2) is 54.5 Å². The summed E-state index contributed by atoms with van der Waals surface area (Å²) in [5.74, 6) is 0.694. The summed E-state index contributed by atoms with van der Waals surface area (Å²) < 4.78 is 1.78. The molecule has 0 spiro atoms. The van der Waals surface area contributed by atoms with E-state index in [4.69, 9.17) is 11.6 Å². The number of hydrogen-bond donors (Lipinski definition) is 1. The Hall–Kier alpha value is -2.40. The van der Waals surface area contributed by atoms with Gasteiger partial charge in [-0.3, -0.25) is 0 Å². The molecule has 0 amide bonds. The quantitative estimate of drug-likeness (QED) is 0.801. The molecular formula is C14H12ClN5. The maximum Gasteiger partial charge on any atom is 0.168 e. The number of fused-ring (bicyclic) bond motifs is 1. The molecule has 0 bridgehead atoms. The van der Waals surface area contributed by atoms with E-state index in [9.17, 15) is 0 Å². The third-order valence-corrected chi connectivity index (χ3v) is 2.95. The van der Waals surface area contributed by atoms with Crippen molar-refractivity contribution >= 4 is 28.5 Å². The Morgan fingerprint density at radius 1 is 1.25 bits per heavy atom. The molecule has 1 N–H and O–H groups in total. The number of para-hydroxylation sites is 1. The first kappa shape index (κ1) is 12.6. The molecule has 2 aromatic heterocycles. The van der Waals surface area contributed by atoms with Gasteiger partial charge in [-0.2, -0.15) is 5.10 Å². The molecule has 2 heterocycles.